The first-order valence-electron chi connectivity index (χ1n) is 6.51. The molecule has 0 radical (unpaired) electrons. The van der Waals surface area contributed by atoms with Gasteiger partial charge in [0.05, 0.1) is 0 Å². The number of rotatable bonds is 6. The summed E-state index contributed by atoms with van der Waals surface area (Å²) in [6, 6.07) is -0.442. The van der Waals surface area contributed by atoms with E-state index in [-0.39, 0.29) is 11.8 Å². The Balaban J connectivity index is 3.15. The summed E-state index contributed by atoms with van der Waals surface area (Å²) in [6.45, 7) is 7.78. The summed E-state index contributed by atoms with van der Waals surface area (Å²) in [5, 5.41) is 6.16. The molecule has 6 heteroatoms. The lowest BCUT2D eigenvalue weighted by Crippen LogP contribution is -2.40. The Hall–Kier alpha value is -1.85. The van der Waals surface area contributed by atoms with Gasteiger partial charge in [-0.05, 0) is 12.8 Å². The van der Waals surface area contributed by atoms with E-state index in [0.29, 0.717) is 5.82 Å². The van der Waals surface area contributed by atoms with E-state index < -0.39 is 6.04 Å². The standard InChI is InChI=1S/C13H23N5O/c1-6-9-16-12(15-5)8(4)13(17-9)18-10(7(2)3)11(14)19/h7,10H,6H2,1-5H3,(H2,14,19)(H2,15,16,17,18). The van der Waals surface area contributed by atoms with Crippen molar-refractivity contribution in [2.24, 2.45) is 11.7 Å². The van der Waals surface area contributed by atoms with Gasteiger partial charge in [0.25, 0.3) is 0 Å². The van der Waals surface area contributed by atoms with Crippen molar-refractivity contribution in [3.63, 3.8) is 0 Å². The Morgan fingerprint density at radius 2 is 1.89 bits per heavy atom. The van der Waals surface area contributed by atoms with Crippen LogP contribution in [0.1, 0.15) is 32.2 Å². The number of aryl methyl sites for hydroxylation is 1. The molecule has 0 aliphatic carbocycles. The van der Waals surface area contributed by atoms with Crippen molar-refractivity contribution in [3.05, 3.63) is 11.4 Å². The zero-order valence-corrected chi connectivity index (χ0v) is 12.2. The summed E-state index contributed by atoms with van der Waals surface area (Å²) < 4.78 is 0. The summed E-state index contributed by atoms with van der Waals surface area (Å²) in [5.41, 5.74) is 6.30. The zero-order chi connectivity index (χ0) is 14.6. The number of nitrogens with one attached hydrogen (secondary N) is 2. The molecule has 0 fully saturated rings. The Labute approximate surface area is 114 Å². The maximum atomic E-state index is 11.5. The number of hydrogen-bond acceptors (Lipinski definition) is 5. The first-order chi connectivity index (χ1) is 8.90. The molecule has 1 atom stereocenters. The fraction of sp³-hybridized carbons (Fsp3) is 0.615. The molecule has 6 nitrogen and oxygen atoms in total. The van der Waals surface area contributed by atoms with Crippen LogP contribution in [0.2, 0.25) is 0 Å². The number of hydrogen-bond donors (Lipinski definition) is 3. The maximum absolute atomic E-state index is 11.5. The summed E-state index contributed by atoms with van der Waals surface area (Å²) in [6.07, 6.45) is 0.729. The SMILES string of the molecule is CCc1nc(NC)c(C)c(NC(C(N)=O)C(C)C)n1. The number of aromatic nitrogens is 2. The van der Waals surface area contributed by atoms with Gasteiger partial charge in [-0.25, -0.2) is 9.97 Å². The van der Waals surface area contributed by atoms with E-state index in [0.717, 1.165) is 23.6 Å². The second-order valence-electron chi connectivity index (χ2n) is 4.83. The van der Waals surface area contributed by atoms with Crippen molar-refractivity contribution in [1.29, 1.82) is 0 Å². The van der Waals surface area contributed by atoms with Gasteiger partial charge in [0, 0.05) is 19.0 Å². The highest BCUT2D eigenvalue weighted by Gasteiger charge is 2.21. The van der Waals surface area contributed by atoms with E-state index in [1.54, 1.807) is 0 Å². The van der Waals surface area contributed by atoms with Gasteiger partial charge in [-0.1, -0.05) is 20.8 Å². The molecule has 19 heavy (non-hydrogen) atoms. The molecule has 1 rings (SSSR count). The van der Waals surface area contributed by atoms with Crippen molar-refractivity contribution >= 4 is 17.5 Å². The van der Waals surface area contributed by atoms with Crippen LogP contribution in [0.4, 0.5) is 11.6 Å². The molecule has 1 unspecified atom stereocenters. The van der Waals surface area contributed by atoms with Crippen LogP contribution in [0.15, 0.2) is 0 Å². The Morgan fingerprint density at radius 3 is 2.32 bits per heavy atom. The topological polar surface area (TPSA) is 92.9 Å². The number of anilines is 2. The van der Waals surface area contributed by atoms with E-state index in [2.05, 4.69) is 20.6 Å². The van der Waals surface area contributed by atoms with Crippen molar-refractivity contribution in [2.45, 2.75) is 40.2 Å². The Bertz CT molecular complexity index is 459. The zero-order valence-electron chi connectivity index (χ0n) is 12.2. The molecule has 0 aromatic carbocycles. The van der Waals surface area contributed by atoms with Crippen molar-refractivity contribution in [1.82, 2.24) is 9.97 Å². The number of primary amides is 1. The van der Waals surface area contributed by atoms with E-state index >= 15 is 0 Å². The van der Waals surface area contributed by atoms with Crippen LogP contribution in [-0.4, -0.2) is 29.0 Å². The van der Waals surface area contributed by atoms with Gasteiger partial charge in [-0.15, -0.1) is 0 Å². The second-order valence-corrected chi connectivity index (χ2v) is 4.83. The molecule has 0 bridgehead atoms. The van der Waals surface area contributed by atoms with Gasteiger partial charge in [-0.3, -0.25) is 4.79 Å². The average Bonchev–Trinajstić information content (AvgIpc) is 2.36. The summed E-state index contributed by atoms with van der Waals surface area (Å²) in [5.74, 6) is 1.87. The third-order valence-electron chi connectivity index (χ3n) is 3.01. The minimum atomic E-state index is -0.442. The van der Waals surface area contributed by atoms with Crippen LogP contribution >= 0.6 is 0 Å². The number of amides is 1. The van der Waals surface area contributed by atoms with Gasteiger partial charge in [0.1, 0.15) is 23.5 Å². The highest BCUT2D eigenvalue weighted by atomic mass is 16.1. The smallest absolute Gasteiger partial charge is 0.240 e. The van der Waals surface area contributed by atoms with Crippen molar-refractivity contribution < 1.29 is 4.79 Å². The average molecular weight is 265 g/mol. The normalized spacial score (nSPS) is 12.3. The molecule has 0 aliphatic rings. The minimum Gasteiger partial charge on any atom is -0.373 e. The number of carbonyl (C=O) groups is 1. The van der Waals surface area contributed by atoms with Crippen LogP contribution in [-0.2, 0) is 11.2 Å². The third-order valence-corrected chi connectivity index (χ3v) is 3.01. The minimum absolute atomic E-state index is 0.0926. The van der Waals surface area contributed by atoms with Gasteiger partial charge in [-0.2, -0.15) is 0 Å². The summed E-state index contributed by atoms with van der Waals surface area (Å²) in [4.78, 5) is 20.3. The van der Waals surface area contributed by atoms with E-state index in [4.69, 9.17) is 5.73 Å². The van der Waals surface area contributed by atoms with Crippen LogP contribution in [0.3, 0.4) is 0 Å². The van der Waals surface area contributed by atoms with Crippen LogP contribution in [0.25, 0.3) is 0 Å². The second kappa shape index (κ2) is 6.36. The molecule has 1 aromatic heterocycles. The lowest BCUT2D eigenvalue weighted by Gasteiger charge is -2.21. The van der Waals surface area contributed by atoms with Crippen molar-refractivity contribution in [2.75, 3.05) is 17.7 Å². The highest BCUT2D eigenvalue weighted by Crippen LogP contribution is 2.21. The fourth-order valence-corrected chi connectivity index (χ4v) is 1.82. The lowest BCUT2D eigenvalue weighted by molar-refractivity contribution is -0.119. The third kappa shape index (κ3) is 3.56. The van der Waals surface area contributed by atoms with Gasteiger partial charge >= 0.3 is 0 Å². The molecule has 1 aromatic rings. The first kappa shape index (κ1) is 15.2. The maximum Gasteiger partial charge on any atom is 0.240 e. The van der Waals surface area contributed by atoms with E-state index in [1.165, 1.54) is 0 Å². The van der Waals surface area contributed by atoms with Gasteiger partial charge in [0.2, 0.25) is 5.91 Å². The fourth-order valence-electron chi connectivity index (χ4n) is 1.82. The number of nitrogens with zero attached hydrogens (tertiary/aromatic N) is 2. The predicted octanol–water partition coefficient (Wildman–Crippen LogP) is 1.31. The highest BCUT2D eigenvalue weighted by molar-refractivity contribution is 5.83. The first-order valence-corrected chi connectivity index (χ1v) is 6.51. The van der Waals surface area contributed by atoms with Crippen molar-refractivity contribution in [3.8, 4) is 0 Å². The predicted molar refractivity (Wildman–Crippen MR) is 77.1 cm³/mol. The summed E-state index contributed by atoms with van der Waals surface area (Å²) in [7, 11) is 1.81. The number of nitrogens with two attached hydrogens (primary N) is 1. The molecule has 0 saturated heterocycles. The molecule has 106 valence electrons. The lowest BCUT2D eigenvalue weighted by atomic mass is 10.0. The quantitative estimate of drug-likeness (QED) is 0.721. The van der Waals surface area contributed by atoms with Crippen LogP contribution in [0.5, 0.6) is 0 Å². The molecule has 0 saturated carbocycles. The monoisotopic (exact) mass is 265 g/mol. The molecule has 4 N–H and O–H groups in total. The molecule has 1 amide bonds. The van der Waals surface area contributed by atoms with E-state index in [9.17, 15) is 4.79 Å². The van der Waals surface area contributed by atoms with Gasteiger partial charge < -0.3 is 16.4 Å². The molecular formula is C13H23N5O. The number of carbonyl (C=O) groups excluding carboxylic acids is 1. The molecular weight excluding hydrogens is 242 g/mol. The van der Waals surface area contributed by atoms with Crippen LogP contribution < -0.4 is 16.4 Å². The molecule has 1 heterocycles. The molecule has 0 spiro atoms. The largest absolute Gasteiger partial charge is 0.373 e. The van der Waals surface area contributed by atoms with E-state index in [1.807, 2.05) is 34.7 Å². The van der Waals surface area contributed by atoms with Gasteiger partial charge in [0.15, 0.2) is 0 Å². The van der Waals surface area contributed by atoms with Crippen LogP contribution in [0, 0.1) is 12.8 Å². The Kier molecular flexibility index (Phi) is 5.09. The Morgan fingerprint density at radius 1 is 1.32 bits per heavy atom. The summed E-state index contributed by atoms with van der Waals surface area (Å²) >= 11 is 0. The molecule has 0 aliphatic heterocycles.